The molecule has 5 N–H and O–H groups in total. The van der Waals surface area contributed by atoms with E-state index in [-0.39, 0.29) is 6.42 Å². The van der Waals surface area contributed by atoms with Crippen molar-refractivity contribution < 1.29 is 29.0 Å². The quantitative estimate of drug-likeness (QED) is 0.398. The van der Waals surface area contributed by atoms with Crippen LogP contribution in [0.15, 0.2) is 18.2 Å². The van der Waals surface area contributed by atoms with E-state index in [4.69, 9.17) is 25.4 Å². The van der Waals surface area contributed by atoms with Crippen LogP contribution in [0.1, 0.15) is 30.9 Å². The smallest absolute Gasteiger partial charge is 0.330 e. The fourth-order valence-electron chi connectivity index (χ4n) is 1.91. The SMILES string of the molecule is CCCCOc1ccc(CC(N)C(=O)O)cc1CP(=O)(O)O. The van der Waals surface area contributed by atoms with Crippen LogP contribution in [-0.4, -0.2) is 33.5 Å². The Hall–Kier alpha value is -1.40. The Morgan fingerprint density at radius 3 is 2.64 bits per heavy atom. The van der Waals surface area contributed by atoms with Crippen LogP contribution < -0.4 is 10.5 Å². The molecule has 0 bridgehead atoms. The minimum atomic E-state index is -4.25. The first-order chi connectivity index (χ1) is 10.2. The largest absolute Gasteiger partial charge is 0.493 e. The van der Waals surface area contributed by atoms with E-state index < -0.39 is 25.8 Å². The lowest BCUT2D eigenvalue weighted by Crippen LogP contribution is -2.32. The molecule has 7 nitrogen and oxygen atoms in total. The summed E-state index contributed by atoms with van der Waals surface area (Å²) in [4.78, 5) is 29.1. The molecule has 124 valence electrons. The van der Waals surface area contributed by atoms with E-state index in [9.17, 15) is 9.36 Å². The van der Waals surface area contributed by atoms with Gasteiger partial charge in [0.15, 0.2) is 0 Å². The van der Waals surface area contributed by atoms with Crippen molar-refractivity contribution in [2.24, 2.45) is 5.73 Å². The predicted octanol–water partition coefficient (Wildman–Crippen LogP) is 1.50. The van der Waals surface area contributed by atoms with Gasteiger partial charge in [0.2, 0.25) is 0 Å². The number of hydrogen-bond donors (Lipinski definition) is 4. The van der Waals surface area contributed by atoms with Gasteiger partial charge in [-0.15, -0.1) is 0 Å². The van der Waals surface area contributed by atoms with Gasteiger partial charge < -0.3 is 25.4 Å². The van der Waals surface area contributed by atoms with E-state index in [1.807, 2.05) is 6.92 Å². The molecule has 0 heterocycles. The summed E-state index contributed by atoms with van der Waals surface area (Å²) in [5, 5.41) is 8.82. The summed E-state index contributed by atoms with van der Waals surface area (Å²) in [6, 6.07) is 3.75. The average Bonchev–Trinajstić information content (AvgIpc) is 2.39. The van der Waals surface area contributed by atoms with Crippen LogP contribution >= 0.6 is 7.60 Å². The summed E-state index contributed by atoms with van der Waals surface area (Å²) in [7, 11) is -4.25. The summed E-state index contributed by atoms with van der Waals surface area (Å²) in [5.74, 6) is -0.718. The van der Waals surface area contributed by atoms with Crippen molar-refractivity contribution in [3.8, 4) is 5.75 Å². The molecule has 0 aromatic heterocycles. The van der Waals surface area contributed by atoms with Gasteiger partial charge in [0.1, 0.15) is 11.8 Å². The molecule has 0 aliphatic rings. The van der Waals surface area contributed by atoms with Gasteiger partial charge in [-0.3, -0.25) is 9.36 Å². The average molecular weight is 331 g/mol. The number of rotatable bonds is 9. The summed E-state index contributed by atoms with van der Waals surface area (Å²) >= 11 is 0. The number of carboxylic acid groups (broad SMARTS) is 1. The highest BCUT2D eigenvalue weighted by Crippen LogP contribution is 2.41. The Labute approximate surface area is 129 Å². The predicted molar refractivity (Wildman–Crippen MR) is 81.9 cm³/mol. The van der Waals surface area contributed by atoms with Gasteiger partial charge in [-0.1, -0.05) is 25.5 Å². The number of benzene rings is 1. The highest BCUT2D eigenvalue weighted by Gasteiger charge is 2.19. The molecular formula is C14H22NO6P. The van der Waals surface area contributed by atoms with Crippen molar-refractivity contribution in [1.29, 1.82) is 0 Å². The zero-order chi connectivity index (χ0) is 16.8. The van der Waals surface area contributed by atoms with Crippen molar-refractivity contribution in [2.45, 2.75) is 38.4 Å². The second kappa shape index (κ2) is 8.29. The van der Waals surface area contributed by atoms with Crippen molar-refractivity contribution in [1.82, 2.24) is 0 Å². The van der Waals surface area contributed by atoms with Gasteiger partial charge in [-0.05, 0) is 24.5 Å². The van der Waals surface area contributed by atoms with Gasteiger partial charge >= 0.3 is 13.6 Å². The Kier molecular flexibility index (Phi) is 7.03. The van der Waals surface area contributed by atoms with Gasteiger partial charge in [0.05, 0.1) is 12.8 Å². The molecule has 1 aromatic carbocycles. The zero-order valence-electron chi connectivity index (χ0n) is 12.4. The third-order valence-corrected chi connectivity index (χ3v) is 3.78. The molecule has 8 heteroatoms. The molecular weight excluding hydrogens is 309 g/mol. The van der Waals surface area contributed by atoms with E-state index in [1.54, 1.807) is 18.2 Å². The molecule has 0 spiro atoms. The maximum Gasteiger partial charge on any atom is 0.330 e. The van der Waals surface area contributed by atoms with Gasteiger partial charge in [-0.2, -0.15) is 0 Å². The fourth-order valence-corrected chi connectivity index (χ4v) is 2.60. The summed E-state index contributed by atoms with van der Waals surface area (Å²) in [5.41, 5.74) is 6.44. The minimum absolute atomic E-state index is 0.0821. The maximum atomic E-state index is 11.2. The van der Waals surface area contributed by atoms with Crippen LogP contribution in [0.3, 0.4) is 0 Å². The van der Waals surface area contributed by atoms with Crippen LogP contribution in [-0.2, 0) is 21.9 Å². The Morgan fingerprint density at radius 1 is 1.41 bits per heavy atom. The van der Waals surface area contributed by atoms with Gasteiger partial charge in [0.25, 0.3) is 0 Å². The molecule has 0 radical (unpaired) electrons. The van der Waals surface area contributed by atoms with Crippen LogP contribution in [0.25, 0.3) is 0 Å². The number of aliphatic carboxylic acids is 1. The lowest BCUT2D eigenvalue weighted by atomic mass is 10.0. The van der Waals surface area contributed by atoms with Crippen molar-refractivity contribution in [3.05, 3.63) is 29.3 Å². The highest BCUT2D eigenvalue weighted by molar-refractivity contribution is 7.50. The maximum absolute atomic E-state index is 11.2. The second-order valence-electron chi connectivity index (χ2n) is 5.12. The Bertz CT molecular complexity index is 556. The van der Waals surface area contributed by atoms with Gasteiger partial charge in [-0.25, -0.2) is 0 Å². The van der Waals surface area contributed by atoms with Crippen LogP contribution in [0.2, 0.25) is 0 Å². The van der Waals surface area contributed by atoms with Crippen LogP contribution in [0.4, 0.5) is 0 Å². The first-order valence-corrected chi connectivity index (χ1v) is 8.80. The van der Waals surface area contributed by atoms with Crippen molar-refractivity contribution in [2.75, 3.05) is 6.61 Å². The molecule has 0 saturated heterocycles. The number of nitrogens with two attached hydrogens (primary N) is 1. The minimum Gasteiger partial charge on any atom is -0.493 e. The molecule has 1 unspecified atom stereocenters. The lowest BCUT2D eigenvalue weighted by Gasteiger charge is -2.14. The second-order valence-corrected chi connectivity index (χ2v) is 6.76. The summed E-state index contributed by atoms with van der Waals surface area (Å²) in [6.07, 6.45) is 1.41. The van der Waals surface area contributed by atoms with Crippen molar-refractivity contribution >= 4 is 13.6 Å². The molecule has 0 aliphatic carbocycles. The molecule has 22 heavy (non-hydrogen) atoms. The Balaban J connectivity index is 2.97. The molecule has 1 aromatic rings. The third-order valence-electron chi connectivity index (χ3n) is 3.03. The molecule has 0 saturated carbocycles. The molecule has 1 rings (SSSR count). The number of ether oxygens (including phenoxy) is 1. The van der Waals surface area contributed by atoms with Crippen molar-refractivity contribution in [3.63, 3.8) is 0 Å². The number of carbonyl (C=O) groups is 1. The van der Waals surface area contributed by atoms with E-state index in [2.05, 4.69) is 0 Å². The summed E-state index contributed by atoms with van der Waals surface area (Å²) in [6.45, 7) is 2.47. The first-order valence-electron chi connectivity index (χ1n) is 7.00. The normalized spacial score (nSPS) is 12.9. The number of carboxylic acids is 1. The monoisotopic (exact) mass is 331 g/mol. The number of unbranched alkanes of at least 4 members (excludes halogenated alkanes) is 1. The van der Waals surface area contributed by atoms with E-state index in [0.717, 1.165) is 12.8 Å². The fraction of sp³-hybridized carbons (Fsp3) is 0.500. The zero-order valence-corrected chi connectivity index (χ0v) is 13.3. The van der Waals surface area contributed by atoms with E-state index in [1.165, 1.54) is 0 Å². The Morgan fingerprint density at radius 2 is 2.09 bits per heavy atom. The topological polar surface area (TPSA) is 130 Å². The standard InChI is InChI=1S/C14H22NO6P/c1-2-3-6-21-13-5-4-10(8-12(15)14(16)17)7-11(13)9-22(18,19)20/h4-5,7,12H,2-3,6,8-9,15H2,1H3,(H,16,17)(H2,18,19,20). The van der Waals surface area contributed by atoms with Crippen LogP contribution in [0, 0.1) is 0 Å². The van der Waals surface area contributed by atoms with E-state index >= 15 is 0 Å². The lowest BCUT2D eigenvalue weighted by molar-refractivity contribution is -0.138. The molecule has 1 atom stereocenters. The highest BCUT2D eigenvalue weighted by atomic mass is 31.2. The number of hydrogen-bond acceptors (Lipinski definition) is 4. The van der Waals surface area contributed by atoms with Gasteiger partial charge in [0, 0.05) is 5.56 Å². The first kappa shape index (κ1) is 18.6. The molecule has 0 amide bonds. The molecule has 0 fully saturated rings. The van der Waals surface area contributed by atoms with E-state index in [0.29, 0.717) is 23.5 Å². The molecule has 0 aliphatic heterocycles. The third kappa shape index (κ3) is 6.58. The van der Waals surface area contributed by atoms with Crippen LogP contribution in [0.5, 0.6) is 5.75 Å². The summed E-state index contributed by atoms with van der Waals surface area (Å²) < 4.78 is 16.8.